The van der Waals surface area contributed by atoms with Crippen LogP contribution in [0.4, 0.5) is 0 Å². The van der Waals surface area contributed by atoms with Crippen molar-refractivity contribution in [3.63, 3.8) is 0 Å². The van der Waals surface area contributed by atoms with Crippen molar-refractivity contribution in [3.05, 3.63) is 48.0 Å². The van der Waals surface area contributed by atoms with Crippen molar-refractivity contribution in [1.82, 2.24) is 20.1 Å². The first-order valence-electron chi connectivity index (χ1n) is 6.55. The van der Waals surface area contributed by atoms with Crippen LogP contribution in [0.25, 0.3) is 0 Å². The smallest absolute Gasteiger partial charge is 0.326 e. The number of amides is 1. The van der Waals surface area contributed by atoms with E-state index in [-0.39, 0.29) is 0 Å². The second-order valence-corrected chi connectivity index (χ2v) is 4.52. The zero-order chi connectivity index (χ0) is 15.2. The Bertz CT molecular complexity index is 625. The molecular formula is C14H16N4O3. The van der Waals surface area contributed by atoms with Crippen LogP contribution in [0.1, 0.15) is 29.3 Å². The van der Waals surface area contributed by atoms with Gasteiger partial charge in [-0.3, -0.25) is 4.79 Å². The van der Waals surface area contributed by atoms with Crippen molar-refractivity contribution >= 4 is 11.9 Å². The van der Waals surface area contributed by atoms with Crippen LogP contribution in [0.5, 0.6) is 0 Å². The van der Waals surface area contributed by atoms with Crippen molar-refractivity contribution in [2.45, 2.75) is 25.9 Å². The van der Waals surface area contributed by atoms with E-state index < -0.39 is 17.9 Å². The summed E-state index contributed by atoms with van der Waals surface area (Å²) in [4.78, 5) is 27.1. The molecule has 1 atom stereocenters. The highest BCUT2D eigenvalue weighted by Crippen LogP contribution is 2.11. The minimum Gasteiger partial charge on any atom is -0.480 e. The predicted octanol–water partition coefficient (Wildman–Crippen LogP) is 0.919. The van der Waals surface area contributed by atoms with Gasteiger partial charge in [-0.25, -0.2) is 14.5 Å². The van der Waals surface area contributed by atoms with Crippen LogP contribution in [0.2, 0.25) is 0 Å². The molecule has 0 bridgehead atoms. The van der Waals surface area contributed by atoms with E-state index in [2.05, 4.69) is 15.4 Å². The average molecular weight is 288 g/mol. The number of carbonyl (C=O) groups is 2. The summed E-state index contributed by atoms with van der Waals surface area (Å²) in [5, 5.41) is 15.5. The summed E-state index contributed by atoms with van der Waals surface area (Å²) in [5.41, 5.74) is 1.19. The number of hydrogen-bond acceptors (Lipinski definition) is 4. The van der Waals surface area contributed by atoms with Gasteiger partial charge in [0.2, 0.25) is 0 Å². The number of aromatic nitrogens is 3. The SMILES string of the molecule is CC[C@@H](NC(=O)c1ccccc1Cn1cncn1)C(=O)O. The fourth-order valence-corrected chi connectivity index (χ4v) is 1.94. The van der Waals surface area contributed by atoms with Gasteiger partial charge in [0.1, 0.15) is 18.7 Å². The number of rotatable bonds is 6. The number of aliphatic carboxylic acids is 1. The number of carbonyl (C=O) groups excluding carboxylic acids is 1. The summed E-state index contributed by atoms with van der Waals surface area (Å²) in [6.07, 6.45) is 3.30. The highest BCUT2D eigenvalue weighted by atomic mass is 16.4. The Labute approximate surface area is 121 Å². The molecule has 1 aromatic heterocycles. The van der Waals surface area contributed by atoms with Crippen molar-refractivity contribution in [2.24, 2.45) is 0 Å². The molecule has 1 amide bonds. The van der Waals surface area contributed by atoms with Gasteiger partial charge >= 0.3 is 5.97 Å². The van der Waals surface area contributed by atoms with Crippen molar-refractivity contribution < 1.29 is 14.7 Å². The molecule has 0 spiro atoms. The number of carboxylic acids is 1. The van der Waals surface area contributed by atoms with Gasteiger partial charge < -0.3 is 10.4 Å². The molecular weight excluding hydrogens is 272 g/mol. The molecule has 110 valence electrons. The van der Waals surface area contributed by atoms with Crippen LogP contribution in [0, 0.1) is 0 Å². The average Bonchev–Trinajstić information content (AvgIpc) is 2.97. The lowest BCUT2D eigenvalue weighted by Gasteiger charge is -2.14. The first-order chi connectivity index (χ1) is 10.1. The van der Waals surface area contributed by atoms with Gasteiger partial charge in [-0.15, -0.1) is 0 Å². The topological polar surface area (TPSA) is 97.1 Å². The maximum atomic E-state index is 12.2. The van der Waals surface area contributed by atoms with E-state index in [9.17, 15) is 9.59 Å². The third-order valence-corrected chi connectivity index (χ3v) is 3.07. The fraction of sp³-hybridized carbons (Fsp3) is 0.286. The lowest BCUT2D eigenvalue weighted by Crippen LogP contribution is -2.40. The number of nitrogens with one attached hydrogen (secondary N) is 1. The summed E-state index contributed by atoms with van der Waals surface area (Å²) < 4.78 is 1.60. The van der Waals surface area contributed by atoms with Gasteiger partial charge in [0, 0.05) is 5.56 Å². The van der Waals surface area contributed by atoms with Crippen LogP contribution >= 0.6 is 0 Å². The first kappa shape index (κ1) is 14.7. The zero-order valence-corrected chi connectivity index (χ0v) is 11.6. The molecule has 2 aromatic rings. The quantitative estimate of drug-likeness (QED) is 0.823. The predicted molar refractivity (Wildman–Crippen MR) is 74.7 cm³/mol. The number of nitrogens with zero attached hydrogens (tertiary/aromatic N) is 3. The third kappa shape index (κ3) is 3.65. The fourth-order valence-electron chi connectivity index (χ4n) is 1.94. The Hall–Kier alpha value is -2.70. The highest BCUT2D eigenvalue weighted by molar-refractivity contribution is 5.97. The lowest BCUT2D eigenvalue weighted by atomic mass is 10.1. The van der Waals surface area contributed by atoms with Crippen molar-refractivity contribution in [2.75, 3.05) is 0 Å². The van der Waals surface area contributed by atoms with Crippen LogP contribution in [-0.2, 0) is 11.3 Å². The van der Waals surface area contributed by atoms with E-state index in [1.165, 1.54) is 6.33 Å². The highest BCUT2D eigenvalue weighted by Gasteiger charge is 2.20. The lowest BCUT2D eigenvalue weighted by molar-refractivity contribution is -0.139. The standard InChI is InChI=1S/C14H16N4O3/c1-2-12(14(20)21)17-13(19)11-6-4-3-5-10(11)7-18-9-15-8-16-18/h3-6,8-9,12H,2,7H2,1H3,(H,17,19)(H,20,21)/t12-/m1/s1. The molecule has 0 radical (unpaired) electrons. The summed E-state index contributed by atoms with van der Waals surface area (Å²) >= 11 is 0. The van der Waals surface area contributed by atoms with E-state index in [0.29, 0.717) is 18.5 Å². The van der Waals surface area contributed by atoms with Crippen LogP contribution in [-0.4, -0.2) is 37.8 Å². The normalized spacial score (nSPS) is 11.9. The van der Waals surface area contributed by atoms with Crippen molar-refractivity contribution in [3.8, 4) is 0 Å². The molecule has 0 saturated carbocycles. The molecule has 0 unspecified atom stereocenters. The number of hydrogen-bond donors (Lipinski definition) is 2. The molecule has 2 rings (SSSR count). The van der Waals surface area contributed by atoms with Gasteiger partial charge in [-0.2, -0.15) is 5.10 Å². The minimum atomic E-state index is -1.04. The monoisotopic (exact) mass is 288 g/mol. The molecule has 0 fully saturated rings. The van der Waals surface area contributed by atoms with Gasteiger partial charge in [0.15, 0.2) is 0 Å². The number of benzene rings is 1. The molecule has 0 aliphatic carbocycles. The van der Waals surface area contributed by atoms with E-state index in [1.54, 1.807) is 36.1 Å². The van der Waals surface area contributed by atoms with E-state index >= 15 is 0 Å². The molecule has 0 aliphatic rings. The molecule has 0 saturated heterocycles. The molecule has 7 nitrogen and oxygen atoms in total. The van der Waals surface area contributed by atoms with Crippen LogP contribution in [0.3, 0.4) is 0 Å². The maximum Gasteiger partial charge on any atom is 0.326 e. The van der Waals surface area contributed by atoms with Crippen LogP contribution in [0.15, 0.2) is 36.9 Å². The van der Waals surface area contributed by atoms with Gasteiger partial charge in [0.05, 0.1) is 6.54 Å². The first-order valence-corrected chi connectivity index (χ1v) is 6.55. The Kier molecular flexibility index (Phi) is 4.65. The molecule has 1 aromatic carbocycles. The molecule has 21 heavy (non-hydrogen) atoms. The van der Waals surface area contributed by atoms with Gasteiger partial charge in [0.25, 0.3) is 5.91 Å². The Balaban J connectivity index is 2.19. The summed E-state index contributed by atoms with van der Waals surface area (Å²) in [6.45, 7) is 2.10. The zero-order valence-electron chi connectivity index (χ0n) is 11.6. The molecule has 7 heteroatoms. The summed E-state index contributed by atoms with van der Waals surface area (Å²) in [7, 11) is 0. The van der Waals surface area contributed by atoms with Crippen LogP contribution < -0.4 is 5.32 Å². The third-order valence-electron chi connectivity index (χ3n) is 3.07. The molecule has 1 heterocycles. The largest absolute Gasteiger partial charge is 0.480 e. The van der Waals surface area contributed by atoms with E-state index in [4.69, 9.17) is 5.11 Å². The number of carboxylic acid groups (broad SMARTS) is 1. The second-order valence-electron chi connectivity index (χ2n) is 4.52. The minimum absolute atomic E-state index is 0.326. The molecule has 2 N–H and O–H groups in total. The Morgan fingerprint density at radius 2 is 2.14 bits per heavy atom. The maximum absolute atomic E-state index is 12.2. The van der Waals surface area contributed by atoms with E-state index in [1.807, 2.05) is 6.07 Å². The second kappa shape index (κ2) is 6.65. The molecule has 0 aliphatic heterocycles. The van der Waals surface area contributed by atoms with Crippen molar-refractivity contribution in [1.29, 1.82) is 0 Å². The van der Waals surface area contributed by atoms with Gasteiger partial charge in [-0.1, -0.05) is 25.1 Å². The Morgan fingerprint density at radius 1 is 1.38 bits per heavy atom. The summed E-state index contributed by atoms with van der Waals surface area (Å²) in [5.74, 6) is -1.44. The Morgan fingerprint density at radius 3 is 2.76 bits per heavy atom. The van der Waals surface area contributed by atoms with E-state index in [0.717, 1.165) is 5.56 Å². The summed E-state index contributed by atoms with van der Waals surface area (Å²) in [6, 6.07) is 6.13. The van der Waals surface area contributed by atoms with Gasteiger partial charge in [-0.05, 0) is 18.1 Å².